The second-order valence-electron chi connectivity index (χ2n) is 7.75. The number of benzene rings is 2. The van der Waals surface area contributed by atoms with E-state index in [9.17, 15) is 4.79 Å². The summed E-state index contributed by atoms with van der Waals surface area (Å²) in [5.74, 6) is -0.139. The van der Waals surface area contributed by atoms with Crippen LogP contribution in [0.15, 0.2) is 52.4 Å². The third-order valence-electron chi connectivity index (χ3n) is 5.69. The van der Waals surface area contributed by atoms with Crippen molar-refractivity contribution in [1.82, 2.24) is 9.88 Å². The van der Waals surface area contributed by atoms with Crippen LogP contribution in [0.25, 0.3) is 11.8 Å². The molecule has 2 heterocycles. The molecule has 1 aliphatic rings. The molecule has 1 saturated heterocycles. The smallest absolute Gasteiger partial charge is 0.264 e. The highest BCUT2D eigenvalue weighted by Crippen LogP contribution is 2.33. The number of hydrogen-bond acceptors (Lipinski definition) is 3. The molecule has 1 N–H and O–H groups in total. The molecule has 4 rings (SSSR count). The lowest BCUT2D eigenvalue weighted by Gasteiger charge is -2.14. The highest BCUT2D eigenvalue weighted by atomic mass is 35.5. The largest absolute Gasteiger partial charge is 0.318 e. The fourth-order valence-corrected chi connectivity index (χ4v) is 4.73. The van der Waals surface area contributed by atoms with Crippen LogP contribution in [0, 0.1) is 34.6 Å². The molecule has 0 aliphatic carbocycles. The van der Waals surface area contributed by atoms with Crippen LogP contribution in [0.3, 0.4) is 0 Å². The molecule has 6 heteroatoms. The number of aliphatic imine (C=N–C) groups is 1. The van der Waals surface area contributed by atoms with Crippen molar-refractivity contribution in [2.24, 2.45) is 4.99 Å². The molecule has 1 fully saturated rings. The van der Waals surface area contributed by atoms with Crippen LogP contribution in [0.4, 0.5) is 5.69 Å². The Kier molecular flexibility index (Phi) is 5.82. The van der Waals surface area contributed by atoms with Crippen LogP contribution in [-0.4, -0.2) is 15.6 Å². The fourth-order valence-electron chi connectivity index (χ4n) is 3.73. The van der Waals surface area contributed by atoms with E-state index < -0.39 is 0 Å². The van der Waals surface area contributed by atoms with Gasteiger partial charge in [-0.1, -0.05) is 29.8 Å². The minimum absolute atomic E-state index is 0.139. The number of carbonyl (C=O) groups is 1. The van der Waals surface area contributed by atoms with E-state index in [-0.39, 0.29) is 5.91 Å². The molecule has 0 radical (unpaired) electrons. The maximum absolute atomic E-state index is 12.6. The summed E-state index contributed by atoms with van der Waals surface area (Å²) in [5, 5.41) is 4.08. The summed E-state index contributed by atoms with van der Waals surface area (Å²) in [5.41, 5.74) is 8.58. The summed E-state index contributed by atoms with van der Waals surface area (Å²) < 4.78 is 2.25. The molecule has 0 bridgehead atoms. The average molecular weight is 450 g/mol. The SMILES string of the molecule is Cc1cccc(-n2c(C)cc(/C=C3/SC(=Nc4cccc(Cl)c4C)NC3=O)c2C)c1C. The first-order valence-corrected chi connectivity index (χ1v) is 11.3. The molecule has 4 nitrogen and oxygen atoms in total. The number of thioether (sulfide) groups is 1. The lowest BCUT2D eigenvalue weighted by Crippen LogP contribution is -2.19. The van der Waals surface area contributed by atoms with Gasteiger partial charge in [-0.15, -0.1) is 0 Å². The molecule has 0 unspecified atom stereocenters. The molecular weight excluding hydrogens is 426 g/mol. The Balaban J connectivity index is 1.68. The van der Waals surface area contributed by atoms with Gasteiger partial charge in [-0.3, -0.25) is 4.79 Å². The maximum Gasteiger partial charge on any atom is 0.264 e. The van der Waals surface area contributed by atoms with Crippen molar-refractivity contribution in [3.8, 4) is 5.69 Å². The third kappa shape index (κ3) is 4.08. The van der Waals surface area contributed by atoms with E-state index in [4.69, 9.17) is 11.6 Å². The molecule has 31 heavy (non-hydrogen) atoms. The molecule has 2 aromatic carbocycles. The Hall–Kier alpha value is -2.76. The minimum atomic E-state index is -0.139. The van der Waals surface area contributed by atoms with Gasteiger partial charge in [-0.05, 0) is 99.0 Å². The topological polar surface area (TPSA) is 46.4 Å². The quantitative estimate of drug-likeness (QED) is 0.460. The highest BCUT2D eigenvalue weighted by molar-refractivity contribution is 8.18. The Morgan fingerprint density at radius 3 is 2.55 bits per heavy atom. The van der Waals surface area contributed by atoms with E-state index in [1.807, 2.05) is 31.2 Å². The Bertz CT molecular complexity index is 1270. The second-order valence-corrected chi connectivity index (χ2v) is 9.18. The maximum atomic E-state index is 12.6. The Morgan fingerprint density at radius 2 is 1.77 bits per heavy atom. The number of hydrogen-bond donors (Lipinski definition) is 1. The number of nitrogens with one attached hydrogen (secondary N) is 1. The van der Waals surface area contributed by atoms with Crippen LogP contribution < -0.4 is 5.32 Å². The fraction of sp³-hybridized carbons (Fsp3) is 0.200. The average Bonchev–Trinajstić information content (AvgIpc) is 3.20. The summed E-state index contributed by atoms with van der Waals surface area (Å²) in [6.45, 7) is 10.4. The van der Waals surface area contributed by atoms with Gasteiger partial charge in [0.2, 0.25) is 0 Å². The summed E-state index contributed by atoms with van der Waals surface area (Å²) in [7, 11) is 0. The van der Waals surface area contributed by atoms with Gasteiger partial charge in [0.25, 0.3) is 5.91 Å². The third-order valence-corrected chi connectivity index (χ3v) is 7.01. The van der Waals surface area contributed by atoms with Crippen molar-refractivity contribution in [3.63, 3.8) is 0 Å². The second kappa shape index (κ2) is 8.40. The number of aryl methyl sites for hydroxylation is 2. The van der Waals surface area contributed by atoms with Gasteiger partial charge in [0.1, 0.15) is 0 Å². The highest BCUT2D eigenvalue weighted by Gasteiger charge is 2.25. The van der Waals surface area contributed by atoms with Crippen molar-refractivity contribution in [3.05, 3.63) is 86.0 Å². The summed E-state index contributed by atoms with van der Waals surface area (Å²) in [6, 6.07) is 14.0. The van der Waals surface area contributed by atoms with Gasteiger partial charge >= 0.3 is 0 Å². The lowest BCUT2D eigenvalue weighted by molar-refractivity contribution is -0.115. The van der Waals surface area contributed by atoms with E-state index in [0.29, 0.717) is 15.1 Å². The van der Waals surface area contributed by atoms with Gasteiger partial charge < -0.3 is 9.88 Å². The minimum Gasteiger partial charge on any atom is -0.318 e. The monoisotopic (exact) mass is 449 g/mol. The molecule has 3 aromatic rings. The molecule has 1 aliphatic heterocycles. The van der Waals surface area contributed by atoms with Gasteiger partial charge in [0.15, 0.2) is 5.17 Å². The van der Waals surface area contributed by atoms with E-state index >= 15 is 0 Å². The number of halogens is 1. The van der Waals surface area contributed by atoms with E-state index in [2.05, 4.69) is 66.8 Å². The predicted octanol–water partition coefficient (Wildman–Crippen LogP) is 6.56. The zero-order chi connectivity index (χ0) is 22.3. The number of amidine groups is 1. The van der Waals surface area contributed by atoms with Crippen LogP contribution in [0.2, 0.25) is 5.02 Å². The zero-order valence-corrected chi connectivity index (χ0v) is 19.8. The Morgan fingerprint density at radius 1 is 1.03 bits per heavy atom. The molecule has 0 spiro atoms. The van der Waals surface area contributed by atoms with Crippen LogP contribution >= 0.6 is 23.4 Å². The molecule has 158 valence electrons. The number of amides is 1. The van der Waals surface area contributed by atoms with Crippen molar-refractivity contribution in [1.29, 1.82) is 0 Å². The normalized spacial score (nSPS) is 16.4. The molecular formula is C25H24ClN3OS. The van der Waals surface area contributed by atoms with Crippen molar-refractivity contribution in [2.75, 3.05) is 0 Å². The number of nitrogens with zero attached hydrogens (tertiary/aromatic N) is 2. The van der Waals surface area contributed by atoms with Gasteiger partial charge in [0.05, 0.1) is 10.6 Å². The number of rotatable bonds is 3. The number of aromatic nitrogens is 1. The lowest BCUT2D eigenvalue weighted by atomic mass is 10.1. The Labute approximate surface area is 192 Å². The van der Waals surface area contributed by atoms with Crippen molar-refractivity contribution in [2.45, 2.75) is 34.6 Å². The van der Waals surface area contributed by atoms with Gasteiger partial charge in [-0.25, -0.2) is 4.99 Å². The summed E-state index contributed by atoms with van der Waals surface area (Å²) in [4.78, 5) is 17.8. The van der Waals surface area contributed by atoms with Crippen LogP contribution in [-0.2, 0) is 4.79 Å². The van der Waals surface area contributed by atoms with Gasteiger partial charge in [-0.2, -0.15) is 0 Å². The van der Waals surface area contributed by atoms with E-state index in [1.54, 1.807) is 0 Å². The zero-order valence-electron chi connectivity index (χ0n) is 18.2. The molecule has 0 saturated carbocycles. The number of carbonyl (C=O) groups excluding carboxylic acids is 1. The van der Waals surface area contributed by atoms with Crippen molar-refractivity contribution >= 4 is 46.2 Å². The first-order valence-electron chi connectivity index (χ1n) is 10.1. The predicted molar refractivity (Wildman–Crippen MR) is 132 cm³/mol. The van der Waals surface area contributed by atoms with Crippen LogP contribution in [0.1, 0.15) is 33.6 Å². The van der Waals surface area contributed by atoms with E-state index in [1.165, 1.54) is 28.6 Å². The summed E-state index contributed by atoms with van der Waals surface area (Å²) >= 11 is 7.54. The molecule has 1 aromatic heterocycles. The molecule has 1 amide bonds. The summed E-state index contributed by atoms with van der Waals surface area (Å²) in [6.07, 6.45) is 1.94. The van der Waals surface area contributed by atoms with Crippen molar-refractivity contribution < 1.29 is 4.79 Å². The first-order chi connectivity index (χ1) is 14.8. The van der Waals surface area contributed by atoms with Crippen LogP contribution in [0.5, 0.6) is 0 Å². The van der Waals surface area contributed by atoms with E-state index in [0.717, 1.165) is 28.2 Å². The standard InChI is InChI=1S/C25H24ClN3OS/c1-14-8-6-11-22(16(14)3)29-15(2)12-19(18(29)5)13-23-24(30)28-25(31-23)27-21-10-7-9-20(26)17(21)4/h6-13H,1-5H3,(H,27,28,30)/b23-13+. The van der Waals surface area contributed by atoms with Gasteiger partial charge in [0, 0.05) is 22.1 Å². The molecule has 0 atom stereocenters. The first kappa shape index (κ1) is 21.5.